The van der Waals surface area contributed by atoms with Crippen molar-refractivity contribution < 1.29 is 9.66 Å². The standard InChI is InChI=1S/C18H21N3O3S/c1-4-12-7-6-8-13(5-2)17(12)20-18(25)19-15-10-9-14(21(22)23)11-16(15)24-3/h6-11H,4-5H2,1-3H3,(H2,19,20,25). The third-order valence-electron chi connectivity index (χ3n) is 3.88. The van der Waals surface area contributed by atoms with Crippen LogP contribution >= 0.6 is 12.2 Å². The van der Waals surface area contributed by atoms with Crippen molar-refractivity contribution in [3.8, 4) is 5.75 Å². The van der Waals surface area contributed by atoms with Crippen molar-refractivity contribution >= 4 is 34.4 Å². The maximum Gasteiger partial charge on any atom is 0.273 e. The molecule has 0 saturated heterocycles. The van der Waals surface area contributed by atoms with Crippen molar-refractivity contribution in [2.45, 2.75) is 26.7 Å². The number of nitro benzene ring substituents is 1. The highest BCUT2D eigenvalue weighted by molar-refractivity contribution is 7.80. The molecule has 25 heavy (non-hydrogen) atoms. The van der Waals surface area contributed by atoms with Gasteiger partial charge in [-0.2, -0.15) is 0 Å². The van der Waals surface area contributed by atoms with E-state index in [1.807, 2.05) is 6.07 Å². The first-order valence-electron chi connectivity index (χ1n) is 8.01. The molecular formula is C18H21N3O3S. The number of benzene rings is 2. The van der Waals surface area contributed by atoms with Crippen molar-refractivity contribution in [3.05, 3.63) is 57.6 Å². The molecule has 0 spiro atoms. The largest absolute Gasteiger partial charge is 0.494 e. The molecule has 2 N–H and O–H groups in total. The number of nitrogens with zero attached hydrogens (tertiary/aromatic N) is 1. The zero-order valence-electron chi connectivity index (χ0n) is 14.5. The van der Waals surface area contributed by atoms with Crippen LogP contribution in [-0.2, 0) is 12.8 Å². The summed E-state index contributed by atoms with van der Waals surface area (Å²) < 4.78 is 5.22. The lowest BCUT2D eigenvalue weighted by atomic mass is 10.0. The van der Waals surface area contributed by atoms with Crippen molar-refractivity contribution in [2.24, 2.45) is 0 Å². The van der Waals surface area contributed by atoms with E-state index in [9.17, 15) is 10.1 Å². The van der Waals surface area contributed by atoms with Gasteiger partial charge in [-0.3, -0.25) is 10.1 Å². The second kappa shape index (κ2) is 8.43. The molecule has 0 atom stereocenters. The van der Waals surface area contributed by atoms with Gasteiger partial charge in [-0.25, -0.2) is 0 Å². The molecule has 0 saturated carbocycles. The fourth-order valence-corrected chi connectivity index (χ4v) is 2.78. The summed E-state index contributed by atoms with van der Waals surface area (Å²) in [7, 11) is 1.46. The van der Waals surface area contributed by atoms with E-state index in [0.29, 0.717) is 16.5 Å². The van der Waals surface area contributed by atoms with E-state index < -0.39 is 4.92 Å². The topological polar surface area (TPSA) is 76.4 Å². The molecule has 2 aromatic rings. The third kappa shape index (κ3) is 4.45. The van der Waals surface area contributed by atoms with E-state index in [1.54, 1.807) is 6.07 Å². The van der Waals surface area contributed by atoms with Crippen molar-refractivity contribution in [1.29, 1.82) is 0 Å². The van der Waals surface area contributed by atoms with Gasteiger partial charge < -0.3 is 15.4 Å². The minimum atomic E-state index is -0.464. The van der Waals surface area contributed by atoms with E-state index >= 15 is 0 Å². The minimum absolute atomic E-state index is 0.0362. The first kappa shape index (κ1) is 18.7. The second-order valence-corrected chi connectivity index (χ2v) is 5.79. The van der Waals surface area contributed by atoms with E-state index in [-0.39, 0.29) is 5.69 Å². The molecular weight excluding hydrogens is 338 g/mol. The van der Waals surface area contributed by atoms with Crippen LogP contribution in [0.25, 0.3) is 0 Å². The number of non-ortho nitro benzene ring substituents is 1. The zero-order valence-corrected chi connectivity index (χ0v) is 15.3. The predicted molar refractivity (Wildman–Crippen MR) is 105 cm³/mol. The number of nitrogens with one attached hydrogen (secondary N) is 2. The fourth-order valence-electron chi connectivity index (χ4n) is 2.57. The summed E-state index contributed by atoms with van der Waals surface area (Å²) in [6.07, 6.45) is 1.78. The van der Waals surface area contributed by atoms with Crippen LogP contribution in [0, 0.1) is 10.1 Å². The van der Waals surface area contributed by atoms with Gasteiger partial charge in [-0.1, -0.05) is 32.0 Å². The third-order valence-corrected chi connectivity index (χ3v) is 4.09. The molecule has 2 rings (SSSR count). The number of para-hydroxylation sites is 1. The fraction of sp³-hybridized carbons (Fsp3) is 0.278. The quantitative estimate of drug-likeness (QED) is 0.448. The Bertz CT molecular complexity index is 771. The summed E-state index contributed by atoms with van der Waals surface area (Å²) in [4.78, 5) is 10.4. The summed E-state index contributed by atoms with van der Waals surface area (Å²) in [6.45, 7) is 4.19. The molecule has 2 aromatic carbocycles. The number of thiocarbonyl (C=S) groups is 1. The second-order valence-electron chi connectivity index (χ2n) is 5.38. The molecule has 0 aliphatic carbocycles. The smallest absolute Gasteiger partial charge is 0.273 e. The number of rotatable bonds is 6. The Labute approximate surface area is 152 Å². The van der Waals surface area contributed by atoms with Gasteiger partial charge >= 0.3 is 0 Å². The Balaban J connectivity index is 2.23. The number of aryl methyl sites for hydroxylation is 2. The van der Waals surface area contributed by atoms with Crippen molar-refractivity contribution in [2.75, 3.05) is 17.7 Å². The molecule has 0 unspecified atom stereocenters. The summed E-state index contributed by atoms with van der Waals surface area (Å²) in [5.41, 5.74) is 3.90. The Morgan fingerprint density at radius 1 is 1.16 bits per heavy atom. The molecule has 0 radical (unpaired) electrons. The Morgan fingerprint density at radius 2 is 1.80 bits per heavy atom. The van der Waals surface area contributed by atoms with E-state index in [4.69, 9.17) is 17.0 Å². The first-order valence-corrected chi connectivity index (χ1v) is 8.42. The van der Waals surface area contributed by atoms with E-state index in [1.165, 1.54) is 30.4 Å². The molecule has 0 aliphatic heterocycles. The molecule has 0 fully saturated rings. The summed E-state index contributed by atoms with van der Waals surface area (Å²) >= 11 is 5.41. The summed E-state index contributed by atoms with van der Waals surface area (Å²) in [5.74, 6) is 0.359. The van der Waals surface area contributed by atoms with Gasteiger partial charge in [-0.05, 0) is 42.3 Å². The van der Waals surface area contributed by atoms with Crippen LogP contribution in [0.5, 0.6) is 5.75 Å². The lowest BCUT2D eigenvalue weighted by Gasteiger charge is -2.18. The molecule has 132 valence electrons. The highest BCUT2D eigenvalue weighted by atomic mass is 32.1. The first-order chi connectivity index (χ1) is 12.0. The molecule has 6 nitrogen and oxygen atoms in total. The van der Waals surface area contributed by atoms with Crippen LogP contribution < -0.4 is 15.4 Å². The Hall–Kier alpha value is -2.67. The maximum absolute atomic E-state index is 10.9. The maximum atomic E-state index is 10.9. The van der Waals surface area contributed by atoms with Crippen LogP contribution in [0.2, 0.25) is 0 Å². The predicted octanol–water partition coefficient (Wildman–Crippen LogP) is 4.54. The molecule has 0 heterocycles. The average molecular weight is 359 g/mol. The van der Waals surface area contributed by atoms with Crippen LogP contribution in [0.4, 0.5) is 17.1 Å². The summed E-state index contributed by atoms with van der Waals surface area (Å²) in [6, 6.07) is 10.5. The van der Waals surface area contributed by atoms with Gasteiger partial charge in [-0.15, -0.1) is 0 Å². The zero-order chi connectivity index (χ0) is 18.4. The minimum Gasteiger partial charge on any atom is -0.494 e. The normalized spacial score (nSPS) is 10.2. The van der Waals surface area contributed by atoms with Crippen LogP contribution in [0.3, 0.4) is 0 Å². The average Bonchev–Trinajstić information content (AvgIpc) is 2.61. The van der Waals surface area contributed by atoms with Crippen LogP contribution in [-0.4, -0.2) is 17.1 Å². The van der Waals surface area contributed by atoms with Gasteiger partial charge in [0.05, 0.1) is 23.8 Å². The number of methoxy groups -OCH3 is 1. The van der Waals surface area contributed by atoms with Crippen molar-refractivity contribution in [1.82, 2.24) is 0 Å². The number of ether oxygens (including phenoxy) is 1. The molecule has 7 heteroatoms. The monoisotopic (exact) mass is 359 g/mol. The van der Waals surface area contributed by atoms with Gasteiger partial charge in [0.1, 0.15) is 5.75 Å². The number of hydrogen-bond donors (Lipinski definition) is 2. The molecule has 0 bridgehead atoms. The SMILES string of the molecule is CCc1cccc(CC)c1NC(=S)Nc1ccc([N+](=O)[O-])cc1OC. The lowest BCUT2D eigenvalue weighted by molar-refractivity contribution is -0.384. The summed E-state index contributed by atoms with van der Waals surface area (Å²) in [5, 5.41) is 17.6. The molecule has 0 amide bonds. The van der Waals surface area contributed by atoms with Crippen molar-refractivity contribution in [3.63, 3.8) is 0 Å². The molecule has 0 aliphatic rings. The van der Waals surface area contributed by atoms with E-state index in [0.717, 1.165) is 18.5 Å². The number of anilines is 2. The van der Waals surface area contributed by atoms with Gasteiger partial charge in [0.2, 0.25) is 0 Å². The van der Waals surface area contributed by atoms with Gasteiger partial charge in [0.25, 0.3) is 5.69 Å². The van der Waals surface area contributed by atoms with E-state index in [2.05, 4.69) is 36.6 Å². The highest BCUT2D eigenvalue weighted by Gasteiger charge is 2.13. The number of hydrogen-bond acceptors (Lipinski definition) is 4. The van der Waals surface area contributed by atoms with Crippen LogP contribution in [0.1, 0.15) is 25.0 Å². The highest BCUT2D eigenvalue weighted by Crippen LogP contribution is 2.29. The van der Waals surface area contributed by atoms with Gasteiger partial charge in [0.15, 0.2) is 5.11 Å². The van der Waals surface area contributed by atoms with Gasteiger partial charge in [0, 0.05) is 11.8 Å². The number of nitro groups is 1. The lowest BCUT2D eigenvalue weighted by Crippen LogP contribution is -2.21. The van der Waals surface area contributed by atoms with Crippen LogP contribution in [0.15, 0.2) is 36.4 Å². The Morgan fingerprint density at radius 3 is 2.32 bits per heavy atom. The Kier molecular flexibility index (Phi) is 6.30. The molecule has 0 aromatic heterocycles.